The summed E-state index contributed by atoms with van der Waals surface area (Å²) in [6, 6.07) is 4.28. The summed E-state index contributed by atoms with van der Waals surface area (Å²) < 4.78 is 21.3. The Morgan fingerprint density at radius 1 is 0.800 bits per heavy atom. The van der Waals surface area contributed by atoms with E-state index in [1.165, 1.54) is 22.3 Å². The number of aryl methyl sites for hydroxylation is 2. The van der Waals surface area contributed by atoms with Gasteiger partial charge in [-0.15, -0.1) is 0 Å². The summed E-state index contributed by atoms with van der Waals surface area (Å²) >= 11 is 0. The highest BCUT2D eigenvalue weighted by atomic mass is 31.2. The second kappa shape index (κ2) is 11.7. The molecule has 0 aromatic heterocycles. The van der Waals surface area contributed by atoms with Gasteiger partial charge in [-0.1, -0.05) is 122 Å². The lowest BCUT2D eigenvalue weighted by molar-refractivity contribution is 0.0836. The van der Waals surface area contributed by atoms with Gasteiger partial charge in [0.15, 0.2) is 14.0 Å². The molecule has 1 saturated heterocycles. The monoisotopic (exact) mass is 636 g/mol. The lowest BCUT2D eigenvalue weighted by Gasteiger charge is -2.49. The van der Waals surface area contributed by atoms with E-state index in [0.29, 0.717) is 12.4 Å². The molecule has 1 fully saturated rings. The van der Waals surface area contributed by atoms with E-state index in [9.17, 15) is 5.11 Å². The van der Waals surface area contributed by atoms with Gasteiger partial charge in [0.25, 0.3) is 0 Å². The molecule has 3 aliphatic rings. The summed E-state index contributed by atoms with van der Waals surface area (Å²) in [7, 11) is -1.18. The van der Waals surface area contributed by atoms with Crippen molar-refractivity contribution < 1.29 is 18.9 Å². The van der Waals surface area contributed by atoms with Crippen LogP contribution in [0.25, 0.3) is 0 Å². The normalized spacial score (nSPS) is 24.6. The lowest BCUT2D eigenvalue weighted by atomic mass is 9.60. The van der Waals surface area contributed by atoms with Gasteiger partial charge in [-0.05, 0) is 87.0 Å². The first-order valence-electron chi connectivity index (χ1n) is 16.8. The molecule has 0 radical (unpaired) electrons. The second-order valence-electron chi connectivity index (χ2n) is 18.5. The van der Waals surface area contributed by atoms with E-state index in [1.54, 1.807) is 0 Å². The molecule has 1 aliphatic heterocycles. The van der Waals surface area contributed by atoms with E-state index in [2.05, 4.69) is 134 Å². The van der Waals surface area contributed by atoms with Crippen LogP contribution >= 0.6 is 8.38 Å². The molecule has 0 amide bonds. The van der Waals surface area contributed by atoms with Gasteiger partial charge < -0.3 is 18.9 Å². The highest BCUT2D eigenvalue weighted by Crippen LogP contribution is 2.70. The Bertz CT molecular complexity index is 1440. The fourth-order valence-corrected chi connectivity index (χ4v) is 8.19. The summed E-state index contributed by atoms with van der Waals surface area (Å²) in [6.45, 7) is 36.3. The Labute approximate surface area is 276 Å². The summed E-state index contributed by atoms with van der Waals surface area (Å²) in [5.41, 5.74) is 6.82. The van der Waals surface area contributed by atoms with Crippen molar-refractivity contribution in [1.82, 2.24) is 0 Å². The maximum Gasteiger partial charge on any atom is 0.178 e. The largest absolute Gasteiger partial charge is 0.507 e. The zero-order valence-electron chi connectivity index (χ0n) is 31.2. The van der Waals surface area contributed by atoms with Crippen molar-refractivity contribution in [2.24, 2.45) is 16.2 Å². The zero-order chi connectivity index (χ0) is 34.1. The van der Waals surface area contributed by atoms with Crippen LogP contribution in [0.5, 0.6) is 5.75 Å². The molecule has 1 aromatic carbocycles. The predicted molar refractivity (Wildman–Crippen MR) is 191 cm³/mol. The van der Waals surface area contributed by atoms with Crippen LogP contribution in [-0.2, 0) is 25.6 Å². The summed E-state index contributed by atoms with van der Waals surface area (Å²) in [6.07, 6.45) is 8.55. The molecule has 5 heteroatoms. The number of hydrogen-bond donors (Lipinski definition) is 1. The van der Waals surface area contributed by atoms with Crippen molar-refractivity contribution >= 4 is 8.38 Å². The quantitative estimate of drug-likeness (QED) is 0.258. The second-order valence-corrected chi connectivity index (χ2v) is 20.8. The molecule has 4 rings (SSSR count). The number of aromatic hydroxyl groups is 1. The van der Waals surface area contributed by atoms with Crippen molar-refractivity contribution in [3.8, 4) is 5.75 Å². The molecule has 3 unspecified atom stereocenters. The van der Waals surface area contributed by atoms with Crippen LogP contribution < -0.4 is 0 Å². The van der Waals surface area contributed by atoms with Crippen molar-refractivity contribution in [2.45, 2.75) is 146 Å². The highest BCUT2D eigenvalue weighted by Gasteiger charge is 2.64. The summed E-state index contributed by atoms with van der Waals surface area (Å²) in [4.78, 5) is 0. The van der Waals surface area contributed by atoms with Crippen LogP contribution in [0, 0.1) is 23.2 Å². The first-order chi connectivity index (χ1) is 20.3. The molecule has 45 heavy (non-hydrogen) atoms. The Kier molecular flexibility index (Phi) is 9.33. The Hall–Kier alpha value is -1.87. The number of phenols is 1. The summed E-state index contributed by atoms with van der Waals surface area (Å²) in [5.74, 6) is 1.31. The minimum atomic E-state index is -1.18. The third-order valence-corrected chi connectivity index (χ3v) is 11.1. The smallest absolute Gasteiger partial charge is 0.178 e. The Morgan fingerprint density at radius 3 is 1.93 bits per heavy atom. The molecule has 1 spiro atoms. The molecule has 0 saturated carbocycles. The number of hydrogen-bond acceptors (Lipinski definition) is 4. The van der Waals surface area contributed by atoms with Crippen LogP contribution in [0.4, 0.5) is 0 Å². The Balaban J connectivity index is 1.81. The fraction of sp³-hybridized carbons (Fsp3) is 0.650. The topological polar surface area (TPSA) is 47.9 Å². The number of allylic oxidation sites excluding steroid dienone is 3. The van der Waals surface area contributed by atoms with Crippen molar-refractivity contribution in [3.63, 3.8) is 0 Å². The van der Waals surface area contributed by atoms with Gasteiger partial charge in [0.05, 0.1) is 6.61 Å². The minimum absolute atomic E-state index is 0.0462. The van der Waals surface area contributed by atoms with Gasteiger partial charge in [0.2, 0.25) is 0 Å². The lowest BCUT2D eigenvalue weighted by Crippen LogP contribution is -2.52. The average molecular weight is 637 g/mol. The predicted octanol–water partition coefficient (Wildman–Crippen LogP) is 11.4. The molecular weight excluding hydrogens is 575 g/mol. The van der Waals surface area contributed by atoms with Crippen LogP contribution in [-0.4, -0.2) is 28.6 Å². The van der Waals surface area contributed by atoms with Crippen LogP contribution in [0.1, 0.15) is 127 Å². The van der Waals surface area contributed by atoms with Gasteiger partial charge in [-0.3, -0.25) is 0 Å². The van der Waals surface area contributed by atoms with Crippen LogP contribution in [0.15, 0.2) is 58.4 Å². The molecule has 250 valence electrons. The number of benzene rings is 1. The van der Waals surface area contributed by atoms with Gasteiger partial charge in [-0.25, -0.2) is 0 Å². The van der Waals surface area contributed by atoms with Gasteiger partial charge in [-0.2, -0.15) is 0 Å². The van der Waals surface area contributed by atoms with E-state index in [4.69, 9.17) is 13.8 Å². The van der Waals surface area contributed by atoms with Crippen molar-refractivity contribution in [2.75, 3.05) is 6.61 Å². The molecule has 1 aromatic rings. The maximum absolute atomic E-state index is 10.7. The van der Waals surface area contributed by atoms with E-state index < -0.39 is 14.0 Å². The van der Waals surface area contributed by atoms with E-state index in [0.717, 1.165) is 35.3 Å². The summed E-state index contributed by atoms with van der Waals surface area (Å²) in [5, 5.41) is 10.6. The number of phenolic OH excluding ortho intramolecular Hbond substituents is 1. The van der Waals surface area contributed by atoms with Crippen molar-refractivity contribution in [1.29, 1.82) is 0 Å². The third kappa shape index (κ3) is 7.05. The third-order valence-electron chi connectivity index (χ3n) is 9.16. The van der Waals surface area contributed by atoms with E-state index in [-0.39, 0.29) is 32.9 Å². The average Bonchev–Trinajstić information content (AvgIpc) is 3.25. The molecule has 2 aliphatic carbocycles. The highest BCUT2D eigenvalue weighted by molar-refractivity contribution is 7.49. The minimum Gasteiger partial charge on any atom is -0.507 e. The zero-order valence-corrected chi connectivity index (χ0v) is 32.1. The standard InChI is InChI=1S/C40H61O4P/c1-25-20-26(21-29(33(25)41)36(5,6)7)18-17-19-42-31-24-30(37(8,9)10)34-40(44-45(43-34)39(14,15)16)28(31)22-27(35(2,3)4)23-32(40)38(11,12)13/h20-24,34,41H,17-19H2,1-16H3. The van der Waals surface area contributed by atoms with Crippen LogP contribution in [0.2, 0.25) is 0 Å². The van der Waals surface area contributed by atoms with Crippen LogP contribution in [0.3, 0.4) is 0 Å². The maximum atomic E-state index is 10.7. The Morgan fingerprint density at radius 2 is 1.42 bits per heavy atom. The molecule has 1 heterocycles. The molecule has 0 bridgehead atoms. The number of ether oxygens (including phenoxy) is 1. The van der Waals surface area contributed by atoms with Gasteiger partial charge >= 0.3 is 0 Å². The first kappa shape index (κ1) is 36.0. The fourth-order valence-electron chi connectivity index (χ4n) is 6.55. The van der Waals surface area contributed by atoms with Gasteiger partial charge in [0, 0.05) is 10.7 Å². The number of rotatable bonds is 5. The molecular formula is C40H61O4P. The van der Waals surface area contributed by atoms with E-state index in [1.807, 2.05) is 6.92 Å². The SMILES string of the molecule is Cc1cc(CCCOC2=C3C=C(C(C)(C)C)C=C(C(C)(C)C)C34OP(C(C)(C)C)OC4C(C(C)(C)C)=C2)cc(C(C)(C)C)c1O. The molecule has 3 atom stereocenters. The van der Waals surface area contributed by atoms with Crippen molar-refractivity contribution in [3.05, 3.63) is 75.1 Å². The molecule has 1 N–H and O–H groups in total. The van der Waals surface area contributed by atoms with E-state index >= 15 is 0 Å². The van der Waals surface area contributed by atoms with Gasteiger partial charge in [0.1, 0.15) is 17.6 Å². The molecule has 4 nitrogen and oxygen atoms in total. The first-order valence-corrected chi connectivity index (χ1v) is 18.0.